The SMILES string of the molecule is CN(CC(=O)N[C@@](C)(C#N)C1CC1)Cc1ccc(N(C)C)cc1. The van der Waals surface area contributed by atoms with Gasteiger partial charge >= 0.3 is 0 Å². The zero-order valence-electron chi connectivity index (χ0n) is 14.5. The first-order valence-corrected chi connectivity index (χ1v) is 8.01. The Bertz CT molecular complexity index is 586. The van der Waals surface area contributed by atoms with Gasteiger partial charge in [-0.25, -0.2) is 0 Å². The first kappa shape index (κ1) is 17.3. The fourth-order valence-corrected chi connectivity index (χ4v) is 2.72. The average molecular weight is 314 g/mol. The van der Waals surface area contributed by atoms with Crippen LogP contribution in [0, 0.1) is 17.2 Å². The molecule has 1 atom stereocenters. The van der Waals surface area contributed by atoms with E-state index in [1.165, 1.54) is 0 Å². The maximum atomic E-state index is 12.2. The van der Waals surface area contributed by atoms with Gasteiger partial charge in [0.1, 0.15) is 5.54 Å². The fourth-order valence-electron chi connectivity index (χ4n) is 2.72. The number of anilines is 1. The number of hydrogen-bond donors (Lipinski definition) is 1. The molecular weight excluding hydrogens is 288 g/mol. The summed E-state index contributed by atoms with van der Waals surface area (Å²) in [4.78, 5) is 16.2. The summed E-state index contributed by atoms with van der Waals surface area (Å²) in [5.41, 5.74) is 1.60. The molecule has 0 bridgehead atoms. The van der Waals surface area contributed by atoms with Crippen LogP contribution in [0.5, 0.6) is 0 Å². The van der Waals surface area contributed by atoms with Crippen molar-refractivity contribution in [2.45, 2.75) is 31.8 Å². The van der Waals surface area contributed by atoms with Gasteiger partial charge in [0.2, 0.25) is 5.91 Å². The number of likely N-dealkylation sites (N-methyl/N-ethyl adjacent to an activating group) is 1. The van der Waals surface area contributed by atoms with Crippen molar-refractivity contribution in [1.29, 1.82) is 5.26 Å². The van der Waals surface area contributed by atoms with Crippen molar-refractivity contribution in [3.8, 4) is 6.07 Å². The fraction of sp³-hybridized carbons (Fsp3) is 0.556. The van der Waals surface area contributed by atoms with Gasteiger partial charge in [0.05, 0.1) is 12.6 Å². The third-order valence-corrected chi connectivity index (χ3v) is 4.34. The van der Waals surface area contributed by atoms with Gasteiger partial charge in [0, 0.05) is 26.3 Å². The van der Waals surface area contributed by atoms with Gasteiger partial charge < -0.3 is 10.2 Å². The van der Waals surface area contributed by atoms with Crippen LogP contribution in [0.2, 0.25) is 0 Å². The Hall–Kier alpha value is -2.06. The van der Waals surface area contributed by atoms with Gasteiger partial charge in [0.25, 0.3) is 0 Å². The highest BCUT2D eigenvalue weighted by Crippen LogP contribution is 2.39. The number of carbonyl (C=O) groups excluding carboxylic acids is 1. The first-order valence-electron chi connectivity index (χ1n) is 8.01. The van der Waals surface area contributed by atoms with Crippen LogP contribution in [0.1, 0.15) is 25.3 Å². The van der Waals surface area contributed by atoms with E-state index in [1.807, 2.05) is 33.0 Å². The van der Waals surface area contributed by atoms with Gasteiger partial charge in [-0.05, 0) is 50.4 Å². The summed E-state index contributed by atoms with van der Waals surface area (Å²) in [6.07, 6.45) is 2.05. The lowest BCUT2D eigenvalue weighted by Crippen LogP contribution is -2.49. The summed E-state index contributed by atoms with van der Waals surface area (Å²) >= 11 is 0. The largest absolute Gasteiger partial charge is 0.378 e. The Morgan fingerprint density at radius 1 is 1.30 bits per heavy atom. The monoisotopic (exact) mass is 314 g/mol. The second kappa shape index (κ2) is 7.01. The molecule has 1 aliphatic rings. The smallest absolute Gasteiger partial charge is 0.235 e. The number of benzene rings is 1. The Morgan fingerprint density at radius 3 is 2.39 bits per heavy atom. The highest BCUT2D eigenvalue weighted by atomic mass is 16.2. The van der Waals surface area contributed by atoms with E-state index in [-0.39, 0.29) is 5.91 Å². The van der Waals surface area contributed by atoms with Crippen molar-refractivity contribution < 1.29 is 4.79 Å². The van der Waals surface area contributed by atoms with E-state index in [0.717, 1.165) is 24.1 Å². The second-order valence-electron chi connectivity index (χ2n) is 6.87. The summed E-state index contributed by atoms with van der Waals surface area (Å²) in [6, 6.07) is 10.6. The molecule has 0 aliphatic heterocycles. The molecule has 0 spiro atoms. The van der Waals surface area contributed by atoms with E-state index < -0.39 is 5.54 Å². The molecule has 124 valence electrons. The van der Waals surface area contributed by atoms with Gasteiger partial charge in [-0.3, -0.25) is 9.69 Å². The van der Waals surface area contributed by atoms with E-state index in [9.17, 15) is 10.1 Å². The molecule has 0 aromatic heterocycles. The zero-order valence-corrected chi connectivity index (χ0v) is 14.5. The highest BCUT2D eigenvalue weighted by Gasteiger charge is 2.42. The molecule has 1 fully saturated rings. The van der Waals surface area contributed by atoms with Gasteiger partial charge in [0.15, 0.2) is 0 Å². The molecule has 1 aromatic carbocycles. The molecule has 1 N–H and O–H groups in total. The van der Waals surface area contributed by atoms with Crippen LogP contribution in [0.4, 0.5) is 5.69 Å². The molecule has 0 saturated heterocycles. The van der Waals surface area contributed by atoms with Crippen molar-refractivity contribution in [3.05, 3.63) is 29.8 Å². The molecule has 23 heavy (non-hydrogen) atoms. The quantitative estimate of drug-likeness (QED) is 0.836. The minimum absolute atomic E-state index is 0.0895. The Morgan fingerprint density at radius 2 is 1.91 bits per heavy atom. The molecular formula is C18H26N4O. The summed E-state index contributed by atoms with van der Waals surface area (Å²) < 4.78 is 0. The Balaban J connectivity index is 1.85. The Kier molecular flexibility index (Phi) is 5.27. The number of carbonyl (C=O) groups is 1. The van der Waals surface area contributed by atoms with Crippen molar-refractivity contribution in [2.24, 2.45) is 5.92 Å². The lowest BCUT2D eigenvalue weighted by molar-refractivity contribution is -0.123. The van der Waals surface area contributed by atoms with Gasteiger partial charge in [-0.15, -0.1) is 0 Å². The van der Waals surface area contributed by atoms with Crippen LogP contribution >= 0.6 is 0 Å². The standard InChI is InChI=1S/C18H26N4O/c1-18(13-19,15-7-8-15)20-17(23)12-22(4)11-14-5-9-16(10-6-14)21(2)3/h5-6,9-10,15H,7-8,11-12H2,1-4H3,(H,20,23)/t18-/m0/s1. The Labute approximate surface area is 138 Å². The number of hydrogen-bond acceptors (Lipinski definition) is 4. The third-order valence-electron chi connectivity index (χ3n) is 4.34. The van der Waals surface area contributed by atoms with Crippen LogP contribution in [-0.2, 0) is 11.3 Å². The van der Waals surface area contributed by atoms with Crippen LogP contribution < -0.4 is 10.2 Å². The van der Waals surface area contributed by atoms with Crippen molar-refractivity contribution in [3.63, 3.8) is 0 Å². The topological polar surface area (TPSA) is 59.4 Å². The predicted octanol–water partition coefficient (Wildman–Crippen LogP) is 1.99. The van der Waals surface area contributed by atoms with Gasteiger partial charge in [-0.1, -0.05) is 12.1 Å². The molecule has 1 aromatic rings. The number of amides is 1. The highest BCUT2D eigenvalue weighted by molar-refractivity contribution is 5.79. The van der Waals surface area contributed by atoms with Crippen LogP contribution in [-0.4, -0.2) is 44.0 Å². The maximum absolute atomic E-state index is 12.2. The average Bonchev–Trinajstić information content (AvgIpc) is 3.32. The molecule has 0 unspecified atom stereocenters. The molecule has 5 heteroatoms. The number of nitrogens with one attached hydrogen (secondary N) is 1. The molecule has 2 rings (SSSR count). The van der Waals surface area contributed by atoms with Crippen molar-refractivity contribution in [2.75, 3.05) is 32.6 Å². The summed E-state index contributed by atoms with van der Waals surface area (Å²) in [7, 11) is 5.94. The van der Waals surface area contributed by atoms with Gasteiger partial charge in [-0.2, -0.15) is 5.26 Å². The molecule has 0 heterocycles. The number of rotatable bonds is 7. The number of nitriles is 1. The van der Waals surface area contributed by atoms with E-state index in [4.69, 9.17) is 0 Å². The number of nitrogens with zero attached hydrogens (tertiary/aromatic N) is 3. The van der Waals surface area contributed by atoms with E-state index in [0.29, 0.717) is 19.0 Å². The normalized spacial score (nSPS) is 16.5. The van der Waals surface area contributed by atoms with Crippen LogP contribution in [0.15, 0.2) is 24.3 Å². The summed E-state index contributed by atoms with van der Waals surface area (Å²) in [5.74, 6) is 0.216. The van der Waals surface area contributed by atoms with Crippen LogP contribution in [0.3, 0.4) is 0 Å². The third kappa shape index (κ3) is 4.70. The van der Waals surface area contributed by atoms with E-state index in [2.05, 4.69) is 40.6 Å². The molecule has 5 nitrogen and oxygen atoms in total. The van der Waals surface area contributed by atoms with Crippen molar-refractivity contribution in [1.82, 2.24) is 10.2 Å². The van der Waals surface area contributed by atoms with E-state index in [1.54, 1.807) is 0 Å². The predicted molar refractivity (Wildman–Crippen MR) is 92.0 cm³/mol. The lowest BCUT2D eigenvalue weighted by Gasteiger charge is -2.25. The first-order chi connectivity index (χ1) is 10.8. The maximum Gasteiger partial charge on any atom is 0.235 e. The minimum Gasteiger partial charge on any atom is -0.378 e. The summed E-state index contributed by atoms with van der Waals surface area (Å²) in [6.45, 7) is 2.82. The minimum atomic E-state index is -0.717. The molecule has 1 aliphatic carbocycles. The lowest BCUT2D eigenvalue weighted by atomic mass is 9.98. The molecule has 0 radical (unpaired) electrons. The van der Waals surface area contributed by atoms with Crippen molar-refractivity contribution >= 4 is 11.6 Å². The van der Waals surface area contributed by atoms with E-state index >= 15 is 0 Å². The second-order valence-corrected chi connectivity index (χ2v) is 6.87. The van der Waals surface area contributed by atoms with Crippen LogP contribution in [0.25, 0.3) is 0 Å². The zero-order chi connectivity index (χ0) is 17.0. The summed E-state index contributed by atoms with van der Waals surface area (Å²) in [5, 5.41) is 12.2. The molecule has 1 saturated carbocycles. The molecule has 1 amide bonds.